The number of carbonyl (C=O) groups excluding carboxylic acids is 1. The highest BCUT2D eigenvalue weighted by Gasteiger charge is 2.44. The number of ether oxygens (including phenoxy) is 4. The molecule has 0 spiro atoms. The summed E-state index contributed by atoms with van der Waals surface area (Å²) in [7, 11) is 2.82. The van der Waals surface area contributed by atoms with E-state index in [1.165, 1.54) is 14.2 Å². The van der Waals surface area contributed by atoms with E-state index in [0.717, 1.165) is 0 Å². The lowest BCUT2D eigenvalue weighted by atomic mass is 10.0. The second-order valence-electron chi connectivity index (χ2n) is 7.27. The Morgan fingerprint density at radius 3 is 1.65 bits per heavy atom. The molecule has 0 aliphatic carbocycles. The molecule has 0 aromatic heterocycles. The van der Waals surface area contributed by atoms with Gasteiger partial charge in [-0.05, 0) is 65.8 Å². The fourth-order valence-electron chi connectivity index (χ4n) is 2.04. The van der Waals surface area contributed by atoms with Crippen molar-refractivity contribution in [2.24, 2.45) is 0 Å². The van der Waals surface area contributed by atoms with Crippen molar-refractivity contribution in [3.05, 3.63) is 29.8 Å². The minimum absolute atomic E-state index is 0.299. The third kappa shape index (κ3) is 5.22. The Morgan fingerprint density at radius 1 is 0.826 bits per heavy atom. The molecule has 23 heavy (non-hydrogen) atoms. The number of hydrogen-bond donors (Lipinski definition) is 0. The summed E-state index contributed by atoms with van der Waals surface area (Å²) in [5.74, 6) is -1.50. The molecule has 0 N–H and O–H groups in total. The van der Waals surface area contributed by atoms with E-state index in [2.05, 4.69) is 0 Å². The summed E-state index contributed by atoms with van der Waals surface area (Å²) in [4.78, 5) is 12.6. The molecule has 0 unspecified atom stereocenters. The van der Waals surface area contributed by atoms with Crippen molar-refractivity contribution < 1.29 is 23.7 Å². The van der Waals surface area contributed by atoms with E-state index in [1.54, 1.807) is 45.0 Å². The third-order valence-electron chi connectivity index (χ3n) is 2.90. The summed E-state index contributed by atoms with van der Waals surface area (Å²) in [5.41, 5.74) is -0.404. The predicted octanol–water partition coefficient (Wildman–Crippen LogP) is 3.65. The van der Waals surface area contributed by atoms with Crippen LogP contribution in [0.3, 0.4) is 0 Å². The first kappa shape index (κ1) is 19.5. The Balaban J connectivity index is 3.12. The molecular weight excluding hydrogens is 296 g/mol. The quantitative estimate of drug-likeness (QED) is 0.611. The number of methoxy groups -OCH3 is 2. The van der Waals surface area contributed by atoms with Gasteiger partial charge in [-0.2, -0.15) is 0 Å². The second kappa shape index (κ2) is 6.89. The highest BCUT2D eigenvalue weighted by Crippen LogP contribution is 2.31. The van der Waals surface area contributed by atoms with Crippen molar-refractivity contribution >= 4 is 5.97 Å². The van der Waals surface area contributed by atoms with Crippen molar-refractivity contribution in [3.63, 3.8) is 0 Å². The van der Waals surface area contributed by atoms with E-state index in [0.29, 0.717) is 11.3 Å². The Labute approximate surface area is 138 Å². The third-order valence-corrected chi connectivity index (χ3v) is 2.90. The molecule has 5 heteroatoms. The molecule has 0 heterocycles. The van der Waals surface area contributed by atoms with Gasteiger partial charge in [0.15, 0.2) is 0 Å². The van der Waals surface area contributed by atoms with Crippen LogP contribution < -0.4 is 4.74 Å². The summed E-state index contributed by atoms with van der Waals surface area (Å²) in [6, 6.07) is 7.02. The van der Waals surface area contributed by atoms with E-state index < -0.39 is 17.4 Å². The summed E-state index contributed by atoms with van der Waals surface area (Å²) in [5, 5.41) is 0. The van der Waals surface area contributed by atoms with Crippen LogP contribution in [-0.2, 0) is 24.8 Å². The van der Waals surface area contributed by atoms with Gasteiger partial charge >= 0.3 is 5.97 Å². The van der Waals surface area contributed by atoms with E-state index in [4.69, 9.17) is 18.9 Å². The molecule has 0 bridgehead atoms. The van der Waals surface area contributed by atoms with Crippen LogP contribution in [-0.4, -0.2) is 31.4 Å². The fourth-order valence-corrected chi connectivity index (χ4v) is 2.04. The molecule has 5 nitrogen and oxygen atoms in total. The molecule has 0 radical (unpaired) electrons. The minimum atomic E-state index is -1.60. The number of benzene rings is 1. The largest absolute Gasteiger partial charge is 0.488 e. The van der Waals surface area contributed by atoms with Crippen LogP contribution in [0.5, 0.6) is 5.75 Å². The smallest absolute Gasteiger partial charge is 0.372 e. The Bertz CT molecular complexity index is 516. The summed E-state index contributed by atoms with van der Waals surface area (Å²) in [6.07, 6.45) is 0. The number of rotatable bonds is 5. The van der Waals surface area contributed by atoms with Crippen LogP contribution in [0.2, 0.25) is 0 Å². The van der Waals surface area contributed by atoms with E-state index in [-0.39, 0.29) is 5.60 Å². The maximum absolute atomic E-state index is 12.6. The van der Waals surface area contributed by atoms with Gasteiger partial charge in [-0.15, -0.1) is 0 Å². The molecule has 0 saturated carbocycles. The normalized spacial score (nSPS) is 12.9. The predicted molar refractivity (Wildman–Crippen MR) is 88.4 cm³/mol. The molecule has 0 amide bonds. The van der Waals surface area contributed by atoms with Crippen molar-refractivity contribution in [1.29, 1.82) is 0 Å². The molecule has 0 fully saturated rings. The van der Waals surface area contributed by atoms with Gasteiger partial charge in [-0.1, -0.05) is 0 Å². The lowest BCUT2D eigenvalue weighted by molar-refractivity contribution is -0.243. The highest BCUT2D eigenvalue weighted by atomic mass is 16.7. The van der Waals surface area contributed by atoms with E-state index in [1.807, 2.05) is 20.8 Å². The zero-order valence-electron chi connectivity index (χ0n) is 15.4. The van der Waals surface area contributed by atoms with Gasteiger partial charge in [-0.3, -0.25) is 0 Å². The first-order valence-corrected chi connectivity index (χ1v) is 7.57. The average Bonchev–Trinajstić information content (AvgIpc) is 2.38. The Hall–Kier alpha value is -1.59. The van der Waals surface area contributed by atoms with E-state index in [9.17, 15) is 4.79 Å². The number of carbonyl (C=O) groups is 1. The molecule has 1 aromatic rings. The van der Waals surface area contributed by atoms with Gasteiger partial charge in [-0.25, -0.2) is 4.79 Å². The van der Waals surface area contributed by atoms with Crippen molar-refractivity contribution in [2.75, 3.05) is 14.2 Å². The van der Waals surface area contributed by atoms with Gasteiger partial charge in [0.25, 0.3) is 5.79 Å². The van der Waals surface area contributed by atoms with Gasteiger partial charge in [0, 0.05) is 19.8 Å². The van der Waals surface area contributed by atoms with E-state index >= 15 is 0 Å². The maximum Gasteiger partial charge on any atom is 0.372 e. The molecule has 1 rings (SSSR count). The molecule has 0 aliphatic rings. The molecular formula is C18H28O5. The average molecular weight is 324 g/mol. The monoisotopic (exact) mass is 324 g/mol. The van der Waals surface area contributed by atoms with Gasteiger partial charge < -0.3 is 18.9 Å². The molecule has 0 atom stereocenters. The minimum Gasteiger partial charge on any atom is -0.488 e. The van der Waals surface area contributed by atoms with Crippen LogP contribution in [0.15, 0.2) is 24.3 Å². The van der Waals surface area contributed by atoms with Crippen LogP contribution in [0, 0.1) is 0 Å². The zero-order valence-corrected chi connectivity index (χ0v) is 15.4. The number of hydrogen-bond acceptors (Lipinski definition) is 5. The first-order valence-electron chi connectivity index (χ1n) is 7.57. The van der Waals surface area contributed by atoms with Crippen LogP contribution in [0.25, 0.3) is 0 Å². The SMILES string of the molecule is COC(OC)(C(=O)OC(C)(C)C)c1ccc(OC(C)(C)C)cc1. The maximum atomic E-state index is 12.6. The van der Waals surface area contributed by atoms with Crippen molar-refractivity contribution in [1.82, 2.24) is 0 Å². The van der Waals surface area contributed by atoms with Gasteiger partial charge in [0.05, 0.1) is 0 Å². The van der Waals surface area contributed by atoms with Crippen LogP contribution >= 0.6 is 0 Å². The van der Waals surface area contributed by atoms with Crippen LogP contribution in [0.4, 0.5) is 0 Å². The van der Waals surface area contributed by atoms with Gasteiger partial charge in [0.2, 0.25) is 0 Å². The van der Waals surface area contributed by atoms with Crippen molar-refractivity contribution in [2.45, 2.75) is 58.5 Å². The molecule has 0 saturated heterocycles. The standard InChI is InChI=1S/C18H28O5/c1-16(2,3)22-14-11-9-13(10-12-14)18(20-7,21-8)15(19)23-17(4,5)6/h9-12H,1-8H3. The van der Waals surface area contributed by atoms with Crippen LogP contribution in [0.1, 0.15) is 47.1 Å². The van der Waals surface area contributed by atoms with Gasteiger partial charge in [0.1, 0.15) is 17.0 Å². The molecule has 1 aromatic carbocycles. The lowest BCUT2D eigenvalue weighted by Gasteiger charge is -2.32. The highest BCUT2D eigenvalue weighted by molar-refractivity contribution is 5.80. The number of esters is 1. The Morgan fingerprint density at radius 2 is 1.30 bits per heavy atom. The molecule has 130 valence electrons. The Kier molecular flexibility index (Phi) is 5.83. The molecule has 0 aliphatic heterocycles. The summed E-state index contributed by atoms with van der Waals surface area (Å²) >= 11 is 0. The first-order chi connectivity index (χ1) is 10.4. The summed E-state index contributed by atoms with van der Waals surface area (Å²) < 4.78 is 22.0. The lowest BCUT2D eigenvalue weighted by Crippen LogP contribution is -2.44. The second-order valence-corrected chi connectivity index (χ2v) is 7.27. The summed E-state index contributed by atoms with van der Waals surface area (Å²) in [6.45, 7) is 11.3. The van der Waals surface area contributed by atoms with Crippen molar-refractivity contribution in [3.8, 4) is 5.75 Å². The zero-order chi connectivity index (χ0) is 17.9. The fraction of sp³-hybridized carbons (Fsp3) is 0.611. The topological polar surface area (TPSA) is 54.0 Å².